The highest BCUT2D eigenvalue weighted by atomic mass is 19.4. The molecule has 1 rings (SSSR count). The maximum atomic E-state index is 11.8. The summed E-state index contributed by atoms with van der Waals surface area (Å²) in [4.78, 5) is 18.0. The van der Waals surface area contributed by atoms with Crippen molar-refractivity contribution in [3.05, 3.63) is 23.8 Å². The van der Waals surface area contributed by atoms with Crippen LogP contribution in [0.4, 0.5) is 13.2 Å². The Morgan fingerprint density at radius 1 is 1.44 bits per heavy atom. The molecule has 0 aliphatic carbocycles. The predicted molar refractivity (Wildman–Crippen MR) is 45.1 cm³/mol. The molecule has 0 aliphatic heterocycles. The van der Waals surface area contributed by atoms with Gasteiger partial charge in [-0.05, 0) is 0 Å². The lowest BCUT2D eigenvalue weighted by atomic mass is 10.3. The minimum atomic E-state index is -4.47. The molecule has 1 N–H and O–H groups in total. The van der Waals surface area contributed by atoms with Gasteiger partial charge in [-0.1, -0.05) is 0 Å². The van der Waals surface area contributed by atoms with E-state index in [4.69, 9.17) is 5.26 Å². The highest BCUT2D eigenvalue weighted by Crippen LogP contribution is 2.12. The number of halogens is 3. The molecule has 1 heterocycles. The van der Waals surface area contributed by atoms with E-state index in [0.717, 1.165) is 12.4 Å². The lowest BCUT2D eigenvalue weighted by Gasteiger charge is -2.07. The van der Waals surface area contributed by atoms with Crippen LogP contribution in [0.3, 0.4) is 0 Å². The fraction of sp³-hybridized carbons (Fsp3) is 0.250. The quantitative estimate of drug-likeness (QED) is 0.808. The number of nitrogens with zero attached hydrogens (tertiary/aromatic N) is 3. The van der Waals surface area contributed by atoms with E-state index < -0.39 is 18.6 Å². The number of carbonyl (C=O) groups is 1. The fourth-order valence-corrected chi connectivity index (χ4v) is 0.786. The van der Waals surface area contributed by atoms with Crippen LogP contribution in [0.25, 0.3) is 0 Å². The molecule has 8 heteroatoms. The summed E-state index contributed by atoms with van der Waals surface area (Å²) in [5.41, 5.74) is -0.136. The summed E-state index contributed by atoms with van der Waals surface area (Å²) in [5.74, 6) is -1.10. The van der Waals surface area contributed by atoms with Crippen LogP contribution in [0.5, 0.6) is 0 Å². The van der Waals surface area contributed by atoms with Crippen LogP contribution in [0.1, 0.15) is 16.2 Å². The van der Waals surface area contributed by atoms with Crippen LogP contribution < -0.4 is 5.32 Å². The van der Waals surface area contributed by atoms with Gasteiger partial charge in [0.1, 0.15) is 12.6 Å². The van der Waals surface area contributed by atoms with Gasteiger partial charge in [0.05, 0.1) is 5.56 Å². The molecule has 0 aromatic carbocycles. The summed E-state index contributed by atoms with van der Waals surface area (Å²) >= 11 is 0. The van der Waals surface area contributed by atoms with E-state index in [-0.39, 0.29) is 11.4 Å². The standard InChI is InChI=1S/C8H5F3N4O/c9-8(10,11)4-15-7(16)5-2-13-6(1-12)14-3-5/h2-3H,4H2,(H,15,16). The molecule has 0 saturated carbocycles. The van der Waals surface area contributed by atoms with Crippen molar-refractivity contribution in [1.82, 2.24) is 15.3 Å². The second-order valence-corrected chi connectivity index (χ2v) is 2.71. The molecule has 0 radical (unpaired) electrons. The average Bonchev–Trinajstić information content (AvgIpc) is 2.25. The maximum absolute atomic E-state index is 11.8. The summed E-state index contributed by atoms with van der Waals surface area (Å²) in [6.45, 7) is -1.42. The zero-order chi connectivity index (χ0) is 12.2. The molecule has 0 spiro atoms. The third-order valence-electron chi connectivity index (χ3n) is 1.46. The number of carbonyl (C=O) groups excluding carboxylic acids is 1. The first-order valence-corrected chi connectivity index (χ1v) is 3.99. The first kappa shape index (κ1) is 11.9. The smallest absolute Gasteiger partial charge is 0.343 e. The zero-order valence-corrected chi connectivity index (χ0v) is 7.75. The van der Waals surface area contributed by atoms with Crippen molar-refractivity contribution in [3.63, 3.8) is 0 Å². The Bertz CT molecular complexity index is 420. The second kappa shape index (κ2) is 4.57. The van der Waals surface area contributed by atoms with Gasteiger partial charge < -0.3 is 5.32 Å². The Balaban J connectivity index is 2.64. The summed E-state index contributed by atoms with van der Waals surface area (Å²) in [7, 11) is 0. The molecule has 0 unspecified atom stereocenters. The third kappa shape index (κ3) is 3.53. The number of hydrogen-bond acceptors (Lipinski definition) is 4. The Labute approximate surface area is 87.9 Å². The van der Waals surface area contributed by atoms with Gasteiger partial charge in [0, 0.05) is 12.4 Å². The number of rotatable bonds is 2. The minimum Gasteiger partial charge on any atom is -0.343 e. The van der Waals surface area contributed by atoms with Gasteiger partial charge in [-0.15, -0.1) is 0 Å². The van der Waals surface area contributed by atoms with E-state index >= 15 is 0 Å². The molecule has 0 aliphatic rings. The molecule has 1 aromatic heterocycles. The normalized spacial score (nSPS) is 10.6. The van der Waals surface area contributed by atoms with Crippen LogP contribution in [0.2, 0.25) is 0 Å². The predicted octanol–water partition coefficient (Wildman–Crippen LogP) is 0.640. The number of hydrogen-bond donors (Lipinski definition) is 1. The molecule has 0 atom stereocenters. The lowest BCUT2D eigenvalue weighted by molar-refractivity contribution is -0.123. The van der Waals surface area contributed by atoms with Gasteiger partial charge >= 0.3 is 6.18 Å². The van der Waals surface area contributed by atoms with E-state index in [9.17, 15) is 18.0 Å². The van der Waals surface area contributed by atoms with Gasteiger partial charge in [-0.25, -0.2) is 9.97 Å². The highest BCUT2D eigenvalue weighted by Gasteiger charge is 2.27. The van der Waals surface area contributed by atoms with Gasteiger partial charge in [0.2, 0.25) is 5.82 Å². The van der Waals surface area contributed by atoms with Crippen molar-refractivity contribution in [2.45, 2.75) is 6.18 Å². The number of alkyl halides is 3. The van der Waals surface area contributed by atoms with Crippen molar-refractivity contribution in [1.29, 1.82) is 5.26 Å². The molecular weight excluding hydrogens is 225 g/mol. The molecule has 0 bridgehead atoms. The van der Waals surface area contributed by atoms with Gasteiger partial charge in [-0.3, -0.25) is 4.79 Å². The minimum absolute atomic E-state index is 0.136. The van der Waals surface area contributed by atoms with Crippen LogP contribution >= 0.6 is 0 Å². The number of nitrogens with one attached hydrogen (secondary N) is 1. The molecule has 1 aromatic rings. The van der Waals surface area contributed by atoms with Gasteiger partial charge in [0.15, 0.2) is 0 Å². The van der Waals surface area contributed by atoms with Gasteiger partial charge in [0.25, 0.3) is 5.91 Å². The first-order chi connectivity index (χ1) is 7.42. The zero-order valence-electron chi connectivity index (χ0n) is 7.75. The summed E-state index contributed by atoms with van der Waals surface area (Å²) in [6.07, 6.45) is -2.50. The van der Waals surface area contributed by atoms with Gasteiger partial charge in [-0.2, -0.15) is 18.4 Å². The SMILES string of the molecule is N#Cc1ncc(C(=O)NCC(F)(F)F)cn1. The van der Waals surface area contributed by atoms with Crippen molar-refractivity contribution < 1.29 is 18.0 Å². The second-order valence-electron chi connectivity index (χ2n) is 2.71. The molecule has 0 fully saturated rings. The first-order valence-electron chi connectivity index (χ1n) is 3.99. The monoisotopic (exact) mass is 230 g/mol. The fourth-order valence-electron chi connectivity index (χ4n) is 0.786. The number of nitriles is 1. The van der Waals surface area contributed by atoms with Crippen LogP contribution in [0.15, 0.2) is 12.4 Å². The molecular formula is C8H5F3N4O. The topological polar surface area (TPSA) is 78.7 Å². The molecule has 1 amide bonds. The highest BCUT2D eigenvalue weighted by molar-refractivity contribution is 5.93. The summed E-state index contributed by atoms with van der Waals surface area (Å²) in [6, 6.07) is 1.62. The number of amides is 1. The largest absolute Gasteiger partial charge is 0.405 e. The maximum Gasteiger partial charge on any atom is 0.405 e. The van der Waals surface area contributed by atoms with E-state index in [1.165, 1.54) is 0 Å². The average molecular weight is 230 g/mol. The van der Waals surface area contributed by atoms with Crippen molar-refractivity contribution in [3.8, 4) is 6.07 Å². The van der Waals surface area contributed by atoms with E-state index in [0.29, 0.717) is 0 Å². The van der Waals surface area contributed by atoms with Crippen LogP contribution in [0, 0.1) is 11.3 Å². The Morgan fingerprint density at radius 2 is 2.00 bits per heavy atom. The lowest BCUT2D eigenvalue weighted by Crippen LogP contribution is -2.33. The molecule has 84 valence electrons. The van der Waals surface area contributed by atoms with Crippen molar-refractivity contribution >= 4 is 5.91 Å². The van der Waals surface area contributed by atoms with E-state index in [1.54, 1.807) is 11.4 Å². The Hall–Kier alpha value is -2.17. The van der Waals surface area contributed by atoms with Crippen molar-refractivity contribution in [2.75, 3.05) is 6.54 Å². The summed E-state index contributed by atoms with van der Waals surface area (Å²) < 4.78 is 35.3. The van der Waals surface area contributed by atoms with E-state index in [1.807, 2.05) is 0 Å². The number of aromatic nitrogens is 2. The third-order valence-corrected chi connectivity index (χ3v) is 1.46. The summed E-state index contributed by atoms with van der Waals surface area (Å²) in [5, 5.41) is 10.0. The van der Waals surface area contributed by atoms with E-state index in [2.05, 4.69) is 9.97 Å². The molecule has 16 heavy (non-hydrogen) atoms. The Kier molecular flexibility index (Phi) is 3.40. The van der Waals surface area contributed by atoms with Crippen molar-refractivity contribution in [2.24, 2.45) is 0 Å². The molecule has 0 saturated heterocycles. The Morgan fingerprint density at radius 3 is 2.44 bits per heavy atom. The molecule has 5 nitrogen and oxygen atoms in total. The van der Waals surface area contributed by atoms with Crippen LogP contribution in [-0.4, -0.2) is 28.6 Å². The van der Waals surface area contributed by atoms with Crippen LogP contribution in [-0.2, 0) is 0 Å².